The van der Waals surface area contributed by atoms with E-state index in [9.17, 15) is 13.2 Å². The molecule has 28 heavy (non-hydrogen) atoms. The summed E-state index contributed by atoms with van der Waals surface area (Å²) in [5.74, 6) is -0.220. The lowest BCUT2D eigenvalue weighted by Gasteiger charge is -2.15. The number of aryl methyl sites for hydroxylation is 1. The number of nitrogens with one attached hydrogen (secondary N) is 1. The molecule has 5 nitrogen and oxygen atoms in total. The van der Waals surface area contributed by atoms with E-state index in [2.05, 4.69) is 5.32 Å². The molecule has 0 atom stereocenters. The molecule has 146 valence electrons. The van der Waals surface area contributed by atoms with Gasteiger partial charge in [0.05, 0.1) is 9.77 Å². The number of carbonyl (C=O) groups is 1. The van der Waals surface area contributed by atoms with Crippen LogP contribution in [0.15, 0.2) is 64.9 Å². The number of sulfonamides is 1. The highest BCUT2D eigenvalue weighted by Crippen LogP contribution is 2.28. The lowest BCUT2D eigenvalue weighted by molar-refractivity contribution is 0.0955. The molecule has 0 fully saturated rings. The molecule has 3 rings (SSSR count). The largest absolute Gasteiger partial charge is 0.347 e. The van der Waals surface area contributed by atoms with Crippen LogP contribution in [0.4, 0.5) is 0 Å². The van der Waals surface area contributed by atoms with Gasteiger partial charge in [-0.15, -0.1) is 11.3 Å². The van der Waals surface area contributed by atoms with Crippen LogP contribution in [0.5, 0.6) is 0 Å². The topological polar surface area (TPSA) is 66.5 Å². The molecule has 1 aromatic heterocycles. The monoisotopic (exact) mass is 414 g/mol. The fourth-order valence-electron chi connectivity index (χ4n) is 2.80. The molecule has 1 heterocycles. The molecule has 3 aromatic rings. The smallest absolute Gasteiger partial charge is 0.262 e. The summed E-state index contributed by atoms with van der Waals surface area (Å²) in [4.78, 5) is 13.6. The maximum Gasteiger partial charge on any atom is 0.262 e. The number of nitrogens with zero attached hydrogens (tertiary/aromatic N) is 1. The van der Waals surface area contributed by atoms with Gasteiger partial charge in [-0.2, -0.15) is 0 Å². The third-order valence-corrected chi connectivity index (χ3v) is 7.23. The minimum atomic E-state index is -3.58. The second-order valence-corrected chi connectivity index (χ2v) is 9.64. The molecule has 0 bridgehead atoms. The van der Waals surface area contributed by atoms with Gasteiger partial charge in [-0.05, 0) is 35.6 Å². The Labute approximate surface area is 169 Å². The molecule has 0 spiro atoms. The Hall–Kier alpha value is -2.48. The zero-order valence-electron chi connectivity index (χ0n) is 16.0. The zero-order valence-corrected chi connectivity index (χ0v) is 17.6. The van der Waals surface area contributed by atoms with Gasteiger partial charge < -0.3 is 5.32 Å². The molecule has 1 amide bonds. The molecule has 0 saturated carbocycles. The Kier molecular flexibility index (Phi) is 5.98. The van der Waals surface area contributed by atoms with Crippen LogP contribution in [0.1, 0.15) is 20.8 Å². The number of benzene rings is 2. The van der Waals surface area contributed by atoms with Crippen molar-refractivity contribution in [3.05, 3.63) is 76.0 Å². The van der Waals surface area contributed by atoms with Crippen molar-refractivity contribution in [1.29, 1.82) is 0 Å². The number of thiophene rings is 1. The normalized spacial score (nSPS) is 11.6. The first-order chi connectivity index (χ1) is 13.3. The molecule has 2 aromatic carbocycles. The molecule has 1 N–H and O–H groups in total. The van der Waals surface area contributed by atoms with Crippen molar-refractivity contribution in [3.63, 3.8) is 0 Å². The number of hydrogen-bond donors (Lipinski definition) is 1. The van der Waals surface area contributed by atoms with Crippen LogP contribution in [-0.4, -0.2) is 32.7 Å². The maximum atomic E-state index is 12.8. The number of rotatable bonds is 6. The number of hydrogen-bond acceptors (Lipinski definition) is 4. The standard InChI is InChI=1S/C21H22N2O3S2/c1-15-8-10-16(11-9-15)18-12-13-27-20(18)21(24)22-14-17-6-4-5-7-19(17)28(25,26)23(2)3/h4-13H,14H2,1-3H3,(H,22,24). The van der Waals surface area contributed by atoms with Crippen LogP contribution >= 0.6 is 11.3 Å². The average Bonchev–Trinajstić information content (AvgIpc) is 3.16. The first kappa shape index (κ1) is 20.3. The predicted molar refractivity (Wildman–Crippen MR) is 113 cm³/mol. The summed E-state index contributed by atoms with van der Waals surface area (Å²) in [6.07, 6.45) is 0. The van der Waals surface area contributed by atoms with E-state index in [0.717, 1.165) is 16.7 Å². The van der Waals surface area contributed by atoms with Gasteiger partial charge in [-0.25, -0.2) is 12.7 Å². The van der Waals surface area contributed by atoms with E-state index >= 15 is 0 Å². The average molecular weight is 415 g/mol. The summed E-state index contributed by atoms with van der Waals surface area (Å²) < 4.78 is 26.2. The van der Waals surface area contributed by atoms with Crippen molar-refractivity contribution in [2.24, 2.45) is 0 Å². The molecular weight excluding hydrogens is 392 g/mol. The lowest BCUT2D eigenvalue weighted by Crippen LogP contribution is -2.26. The Morgan fingerprint density at radius 1 is 1.04 bits per heavy atom. The van der Waals surface area contributed by atoms with E-state index in [1.54, 1.807) is 24.3 Å². The van der Waals surface area contributed by atoms with Gasteiger partial charge >= 0.3 is 0 Å². The summed E-state index contributed by atoms with van der Waals surface area (Å²) in [6, 6.07) is 16.6. The minimum absolute atomic E-state index is 0.132. The Morgan fingerprint density at radius 2 is 1.71 bits per heavy atom. The zero-order chi connectivity index (χ0) is 20.3. The van der Waals surface area contributed by atoms with E-state index in [4.69, 9.17) is 0 Å². The molecule has 0 aliphatic heterocycles. The summed E-state index contributed by atoms with van der Waals surface area (Å²) in [5, 5.41) is 4.75. The third kappa shape index (κ3) is 4.16. The fourth-order valence-corrected chi connectivity index (χ4v) is 4.75. The quantitative estimate of drug-likeness (QED) is 0.665. The third-order valence-electron chi connectivity index (χ3n) is 4.40. The molecule has 0 radical (unpaired) electrons. The van der Waals surface area contributed by atoms with E-state index < -0.39 is 10.0 Å². The fraction of sp³-hybridized carbons (Fsp3) is 0.190. The molecule has 0 unspecified atom stereocenters. The van der Waals surface area contributed by atoms with Gasteiger partial charge in [0.15, 0.2) is 0 Å². The van der Waals surface area contributed by atoms with Crippen molar-refractivity contribution in [1.82, 2.24) is 9.62 Å². The molecule has 0 aliphatic rings. The highest BCUT2D eigenvalue weighted by molar-refractivity contribution is 7.89. The van der Waals surface area contributed by atoms with Gasteiger partial charge in [0.25, 0.3) is 5.91 Å². The van der Waals surface area contributed by atoms with Gasteiger partial charge in [-0.3, -0.25) is 4.79 Å². The molecule has 0 saturated heterocycles. The van der Waals surface area contributed by atoms with E-state index in [-0.39, 0.29) is 17.3 Å². The second-order valence-electron chi connectivity index (χ2n) is 6.61. The van der Waals surface area contributed by atoms with Crippen LogP contribution < -0.4 is 5.32 Å². The van der Waals surface area contributed by atoms with Crippen LogP contribution in [0.25, 0.3) is 11.1 Å². The lowest BCUT2D eigenvalue weighted by atomic mass is 10.0. The first-order valence-electron chi connectivity index (χ1n) is 8.74. The second kappa shape index (κ2) is 8.26. The van der Waals surface area contributed by atoms with Crippen molar-refractivity contribution in [3.8, 4) is 11.1 Å². The van der Waals surface area contributed by atoms with Crippen LogP contribution in [0.3, 0.4) is 0 Å². The van der Waals surface area contributed by atoms with Gasteiger partial charge in [0.2, 0.25) is 10.0 Å². The highest BCUT2D eigenvalue weighted by Gasteiger charge is 2.21. The summed E-state index contributed by atoms with van der Waals surface area (Å²) in [7, 11) is -0.599. The van der Waals surface area contributed by atoms with Gasteiger partial charge in [-0.1, -0.05) is 48.0 Å². The minimum Gasteiger partial charge on any atom is -0.347 e. The van der Waals surface area contributed by atoms with Crippen LogP contribution in [0.2, 0.25) is 0 Å². The molecular formula is C21H22N2O3S2. The summed E-state index contributed by atoms with van der Waals surface area (Å²) in [5.41, 5.74) is 3.56. The number of amides is 1. The van der Waals surface area contributed by atoms with E-state index in [1.807, 2.05) is 42.6 Å². The molecule has 7 heteroatoms. The van der Waals surface area contributed by atoms with Crippen molar-refractivity contribution < 1.29 is 13.2 Å². The van der Waals surface area contributed by atoms with Gasteiger partial charge in [0, 0.05) is 26.2 Å². The van der Waals surface area contributed by atoms with E-state index in [0.29, 0.717) is 10.4 Å². The Bertz CT molecular complexity index is 1080. The number of carbonyl (C=O) groups excluding carboxylic acids is 1. The highest BCUT2D eigenvalue weighted by atomic mass is 32.2. The SMILES string of the molecule is Cc1ccc(-c2ccsc2C(=O)NCc2ccccc2S(=O)(=O)N(C)C)cc1. The first-order valence-corrected chi connectivity index (χ1v) is 11.1. The van der Waals surface area contributed by atoms with Crippen molar-refractivity contribution in [2.45, 2.75) is 18.4 Å². The van der Waals surface area contributed by atoms with Crippen LogP contribution in [0, 0.1) is 6.92 Å². The Morgan fingerprint density at radius 3 is 2.39 bits per heavy atom. The van der Waals surface area contributed by atoms with Crippen molar-refractivity contribution in [2.75, 3.05) is 14.1 Å². The predicted octanol–water partition coefficient (Wildman–Crippen LogP) is 3.90. The molecule has 0 aliphatic carbocycles. The van der Waals surface area contributed by atoms with Crippen molar-refractivity contribution >= 4 is 27.3 Å². The summed E-state index contributed by atoms with van der Waals surface area (Å²) in [6.45, 7) is 2.15. The van der Waals surface area contributed by atoms with E-state index in [1.165, 1.54) is 29.7 Å². The summed E-state index contributed by atoms with van der Waals surface area (Å²) >= 11 is 1.37. The van der Waals surface area contributed by atoms with Gasteiger partial charge in [0.1, 0.15) is 0 Å². The maximum absolute atomic E-state index is 12.8. The Balaban J connectivity index is 1.82. The van der Waals surface area contributed by atoms with Crippen LogP contribution in [-0.2, 0) is 16.6 Å².